The van der Waals surface area contributed by atoms with Crippen molar-refractivity contribution >= 4 is 25.3 Å². The predicted molar refractivity (Wildman–Crippen MR) is 46.5 cm³/mol. The van der Waals surface area contributed by atoms with E-state index >= 15 is 0 Å². The van der Waals surface area contributed by atoms with Gasteiger partial charge in [-0.3, -0.25) is 4.79 Å². The monoisotopic (exact) mass is 205 g/mol. The zero-order valence-electron chi connectivity index (χ0n) is 7.55. The third-order valence-electron chi connectivity index (χ3n) is 0.905. The molecule has 0 amide bonds. The van der Waals surface area contributed by atoms with Crippen LogP contribution in [0.2, 0.25) is 6.04 Å². The van der Waals surface area contributed by atoms with Gasteiger partial charge >= 0.3 is 19.3 Å². The lowest BCUT2D eigenvalue weighted by atomic mass is 10.9. The Morgan fingerprint density at radius 2 is 2.17 bits per heavy atom. The third-order valence-corrected chi connectivity index (χ3v) is 3.65. The number of hydrogen-bond acceptors (Lipinski definition) is 4. The highest BCUT2D eigenvalue weighted by atomic mass is 28.4. The highest BCUT2D eigenvalue weighted by Gasteiger charge is 2.16. The summed E-state index contributed by atoms with van der Waals surface area (Å²) in [6, 6.07) is 0.740. The first-order valence-corrected chi connectivity index (χ1v) is 6.12. The Hall–Kier alpha value is -0.176. The maximum absolute atomic E-state index is 10.5. The zero-order valence-corrected chi connectivity index (χ0v) is 9.55. The van der Waals surface area contributed by atoms with Crippen molar-refractivity contribution in [3.63, 3.8) is 0 Å². The van der Waals surface area contributed by atoms with Crippen molar-refractivity contribution in [2.24, 2.45) is 0 Å². The molecule has 0 rings (SSSR count). The van der Waals surface area contributed by atoms with E-state index in [1.54, 1.807) is 0 Å². The van der Waals surface area contributed by atoms with Crippen LogP contribution in [0.3, 0.4) is 0 Å². The quantitative estimate of drug-likeness (QED) is 0.472. The van der Waals surface area contributed by atoms with E-state index in [-0.39, 0.29) is 16.0 Å². The molecule has 0 aliphatic carbocycles. The second-order valence-electron chi connectivity index (χ2n) is 1.94. The van der Waals surface area contributed by atoms with Gasteiger partial charge in [0.25, 0.3) is 5.97 Å². The van der Waals surface area contributed by atoms with Crippen LogP contribution in [0.1, 0.15) is 20.8 Å². The molecule has 0 saturated heterocycles. The molecule has 0 N–H and O–H groups in total. The molecule has 4 nitrogen and oxygen atoms in total. The van der Waals surface area contributed by atoms with Gasteiger partial charge in [-0.2, -0.15) is 0 Å². The summed E-state index contributed by atoms with van der Waals surface area (Å²) in [7, 11) is -1.43. The minimum absolute atomic E-state index is 0.0131. The lowest BCUT2D eigenvalue weighted by Gasteiger charge is -2.10. The van der Waals surface area contributed by atoms with Crippen LogP contribution >= 0.6 is 0 Å². The summed E-state index contributed by atoms with van der Waals surface area (Å²) in [5, 5.41) is 0. The van der Waals surface area contributed by atoms with Gasteiger partial charge in [-0.15, -0.1) is 0 Å². The summed E-state index contributed by atoms with van der Waals surface area (Å²) in [6.45, 7) is 5.82. The molecule has 69 valence electrons. The summed E-state index contributed by atoms with van der Waals surface area (Å²) in [5.74, 6) is -0.285. The van der Waals surface area contributed by atoms with E-state index in [4.69, 9.17) is 13.0 Å². The molecule has 0 heterocycles. The average molecular weight is 205 g/mol. The van der Waals surface area contributed by atoms with Gasteiger partial charge in [-0.25, -0.2) is 0 Å². The molecule has 0 unspecified atom stereocenters. The number of carbonyl (C=O) groups is 1. The summed E-state index contributed by atoms with van der Waals surface area (Å²) in [4.78, 5) is 10.5. The molecule has 0 bridgehead atoms. The molecule has 0 aromatic carbocycles. The molecule has 0 aromatic heterocycles. The molecular formula is C6H13O4Si2. The predicted octanol–water partition coefficient (Wildman–Crippen LogP) is 0.645. The van der Waals surface area contributed by atoms with Gasteiger partial charge in [0.1, 0.15) is 0 Å². The van der Waals surface area contributed by atoms with Gasteiger partial charge in [0.15, 0.2) is 0 Å². The fourth-order valence-corrected chi connectivity index (χ4v) is 2.39. The molecule has 0 aliphatic rings. The van der Waals surface area contributed by atoms with Crippen molar-refractivity contribution < 1.29 is 17.8 Å². The minimum atomic E-state index is -1.42. The largest absolute Gasteiger partial charge is 0.493 e. The Labute approximate surface area is 77.1 Å². The van der Waals surface area contributed by atoms with Crippen LogP contribution in [-0.2, 0) is 17.8 Å². The second kappa shape index (κ2) is 7.47. The molecule has 3 radical (unpaired) electrons. The maximum Gasteiger partial charge on any atom is 0.449 e. The van der Waals surface area contributed by atoms with E-state index in [2.05, 4.69) is 0 Å². The normalized spacial score (nSPS) is 10.3. The topological polar surface area (TPSA) is 44.8 Å². The average Bonchev–Trinajstić information content (AvgIpc) is 2.02. The SMILES string of the molecule is CCO[Si]O[Si](CC)OC(C)=O. The first kappa shape index (κ1) is 11.8. The fourth-order valence-electron chi connectivity index (χ4n) is 0.460. The summed E-state index contributed by atoms with van der Waals surface area (Å²) in [6.07, 6.45) is 0. The molecule has 0 aromatic rings. The van der Waals surface area contributed by atoms with Crippen molar-refractivity contribution in [3.05, 3.63) is 0 Å². The van der Waals surface area contributed by atoms with Gasteiger partial charge in [-0.05, 0) is 6.92 Å². The lowest BCUT2D eigenvalue weighted by Crippen LogP contribution is -2.27. The maximum atomic E-state index is 10.5. The van der Waals surface area contributed by atoms with Gasteiger partial charge in [0, 0.05) is 19.6 Å². The van der Waals surface area contributed by atoms with Crippen LogP contribution in [0.25, 0.3) is 0 Å². The Morgan fingerprint density at radius 3 is 2.58 bits per heavy atom. The molecule has 12 heavy (non-hydrogen) atoms. The highest BCUT2D eigenvalue weighted by molar-refractivity contribution is 6.52. The van der Waals surface area contributed by atoms with E-state index in [1.807, 2.05) is 13.8 Å². The summed E-state index contributed by atoms with van der Waals surface area (Å²) in [5.41, 5.74) is 0. The summed E-state index contributed by atoms with van der Waals surface area (Å²) < 4.78 is 15.1. The van der Waals surface area contributed by atoms with Gasteiger partial charge in [0.2, 0.25) is 0 Å². The van der Waals surface area contributed by atoms with Gasteiger partial charge in [-0.1, -0.05) is 6.92 Å². The minimum Gasteiger partial charge on any atom is -0.493 e. The van der Waals surface area contributed by atoms with Crippen LogP contribution in [0.4, 0.5) is 0 Å². The van der Waals surface area contributed by atoms with Crippen LogP contribution < -0.4 is 0 Å². The first-order chi connectivity index (χ1) is 5.70. The first-order valence-electron chi connectivity index (χ1n) is 3.78. The van der Waals surface area contributed by atoms with E-state index in [0.717, 1.165) is 6.04 Å². The fraction of sp³-hybridized carbons (Fsp3) is 0.833. The van der Waals surface area contributed by atoms with Crippen LogP contribution in [0, 0.1) is 0 Å². The number of carbonyl (C=O) groups excluding carboxylic acids is 1. The van der Waals surface area contributed by atoms with Crippen LogP contribution in [-0.4, -0.2) is 31.9 Å². The van der Waals surface area contributed by atoms with E-state index in [0.29, 0.717) is 6.61 Å². The Balaban J connectivity index is 3.46. The molecule has 0 fully saturated rings. The van der Waals surface area contributed by atoms with Gasteiger partial charge in [0.05, 0.1) is 0 Å². The van der Waals surface area contributed by atoms with Crippen molar-refractivity contribution in [1.29, 1.82) is 0 Å². The van der Waals surface area contributed by atoms with Crippen molar-refractivity contribution in [1.82, 2.24) is 0 Å². The summed E-state index contributed by atoms with van der Waals surface area (Å²) >= 11 is 0. The Kier molecular flexibility index (Phi) is 7.36. The van der Waals surface area contributed by atoms with Crippen molar-refractivity contribution in [2.45, 2.75) is 26.8 Å². The number of rotatable bonds is 6. The van der Waals surface area contributed by atoms with E-state index < -0.39 is 9.28 Å². The standard InChI is InChI=1S/C6H13O4Si2/c1-4-8-11-10-12(5-2)9-6(3)7/h4-5H2,1-3H3. The smallest absolute Gasteiger partial charge is 0.449 e. The highest BCUT2D eigenvalue weighted by Crippen LogP contribution is 1.95. The van der Waals surface area contributed by atoms with Crippen LogP contribution in [0.5, 0.6) is 0 Å². The molecule has 0 saturated carbocycles. The molecule has 0 spiro atoms. The van der Waals surface area contributed by atoms with Crippen LogP contribution in [0.15, 0.2) is 0 Å². The van der Waals surface area contributed by atoms with E-state index in [1.165, 1.54) is 6.92 Å². The van der Waals surface area contributed by atoms with Crippen molar-refractivity contribution in [3.8, 4) is 0 Å². The van der Waals surface area contributed by atoms with Gasteiger partial charge < -0.3 is 13.0 Å². The lowest BCUT2D eigenvalue weighted by molar-refractivity contribution is -0.133. The molecular weight excluding hydrogens is 192 g/mol. The van der Waals surface area contributed by atoms with E-state index in [9.17, 15) is 4.79 Å². The number of hydrogen-bond donors (Lipinski definition) is 0. The third kappa shape index (κ3) is 6.53. The molecule has 0 atom stereocenters. The second-order valence-corrected chi connectivity index (χ2v) is 4.86. The zero-order chi connectivity index (χ0) is 9.40. The Bertz CT molecular complexity index is 131. The van der Waals surface area contributed by atoms with Crippen molar-refractivity contribution in [2.75, 3.05) is 6.61 Å². The Morgan fingerprint density at radius 1 is 1.50 bits per heavy atom. The molecule has 0 aliphatic heterocycles. The molecule has 6 heteroatoms.